The molecule has 0 N–H and O–H groups in total. The van der Waals surface area contributed by atoms with Gasteiger partial charge in [-0.1, -0.05) is 18.2 Å². The lowest BCUT2D eigenvalue weighted by Gasteiger charge is -2.32. The minimum Gasteiger partial charge on any atom is -0.493 e. The monoisotopic (exact) mass is 330 g/mol. The number of thiazole rings is 1. The van der Waals surface area contributed by atoms with Crippen LogP contribution < -0.4 is 4.74 Å². The molecular weight excluding hydrogens is 308 g/mol. The summed E-state index contributed by atoms with van der Waals surface area (Å²) in [6.45, 7) is 6.24. The summed E-state index contributed by atoms with van der Waals surface area (Å²) in [5.41, 5.74) is 1.15. The SMILES string of the molecule is Cc1ncc(C(=O)N2CCC[C@H](COc3ccccc3C)C2)s1. The van der Waals surface area contributed by atoms with Gasteiger partial charge in [-0.3, -0.25) is 4.79 Å². The van der Waals surface area contributed by atoms with E-state index in [0.717, 1.165) is 47.1 Å². The van der Waals surface area contributed by atoms with Gasteiger partial charge in [0.2, 0.25) is 0 Å². The Kier molecular flexibility index (Phi) is 4.96. The summed E-state index contributed by atoms with van der Waals surface area (Å²) in [5, 5.41) is 0.935. The van der Waals surface area contributed by atoms with Crippen LogP contribution in [-0.2, 0) is 0 Å². The number of aryl methyl sites for hydroxylation is 2. The van der Waals surface area contributed by atoms with Crippen molar-refractivity contribution in [1.82, 2.24) is 9.88 Å². The van der Waals surface area contributed by atoms with Crippen molar-refractivity contribution in [3.8, 4) is 5.75 Å². The zero-order valence-electron chi connectivity index (χ0n) is 13.6. The van der Waals surface area contributed by atoms with Crippen LogP contribution in [0.2, 0.25) is 0 Å². The number of para-hydroxylation sites is 1. The quantitative estimate of drug-likeness (QED) is 0.858. The van der Waals surface area contributed by atoms with Gasteiger partial charge in [-0.2, -0.15) is 0 Å². The van der Waals surface area contributed by atoms with Crippen molar-refractivity contribution in [2.75, 3.05) is 19.7 Å². The Morgan fingerprint density at radius 1 is 1.39 bits per heavy atom. The highest BCUT2D eigenvalue weighted by molar-refractivity contribution is 7.13. The second kappa shape index (κ2) is 7.13. The molecule has 1 aromatic carbocycles. The van der Waals surface area contributed by atoms with Gasteiger partial charge in [0.05, 0.1) is 17.8 Å². The highest BCUT2D eigenvalue weighted by Crippen LogP contribution is 2.23. The fraction of sp³-hybridized carbons (Fsp3) is 0.444. The van der Waals surface area contributed by atoms with E-state index in [0.29, 0.717) is 12.5 Å². The fourth-order valence-corrected chi connectivity index (χ4v) is 3.67. The van der Waals surface area contributed by atoms with Gasteiger partial charge in [0.25, 0.3) is 5.91 Å². The molecule has 1 amide bonds. The standard InChI is InChI=1S/C18H22N2O2S/c1-13-6-3-4-8-16(13)22-12-15-7-5-9-20(11-15)18(21)17-10-19-14(2)23-17/h3-4,6,8,10,15H,5,7,9,11-12H2,1-2H3/t15-/m0/s1. The molecule has 23 heavy (non-hydrogen) atoms. The molecule has 0 radical (unpaired) electrons. The van der Waals surface area contributed by atoms with Crippen molar-refractivity contribution < 1.29 is 9.53 Å². The molecule has 1 fully saturated rings. The topological polar surface area (TPSA) is 42.4 Å². The van der Waals surface area contributed by atoms with Crippen molar-refractivity contribution in [3.63, 3.8) is 0 Å². The number of nitrogens with zero attached hydrogens (tertiary/aromatic N) is 2. The van der Waals surface area contributed by atoms with Crippen LogP contribution >= 0.6 is 11.3 Å². The summed E-state index contributed by atoms with van der Waals surface area (Å²) in [6.07, 6.45) is 3.83. The summed E-state index contributed by atoms with van der Waals surface area (Å²) in [4.78, 5) is 19.4. The number of carbonyl (C=O) groups excluding carboxylic acids is 1. The molecule has 1 atom stereocenters. The van der Waals surface area contributed by atoms with Crippen LogP contribution in [0.4, 0.5) is 0 Å². The largest absolute Gasteiger partial charge is 0.493 e. The molecule has 5 heteroatoms. The molecule has 3 rings (SSSR count). The Bertz CT molecular complexity index is 683. The lowest BCUT2D eigenvalue weighted by molar-refractivity contribution is 0.0637. The van der Waals surface area contributed by atoms with E-state index in [-0.39, 0.29) is 5.91 Å². The van der Waals surface area contributed by atoms with Crippen LogP contribution in [-0.4, -0.2) is 35.5 Å². The average molecular weight is 330 g/mol. The maximum absolute atomic E-state index is 12.5. The van der Waals surface area contributed by atoms with Gasteiger partial charge < -0.3 is 9.64 Å². The Balaban J connectivity index is 1.58. The lowest BCUT2D eigenvalue weighted by Crippen LogP contribution is -2.41. The predicted octanol–water partition coefficient (Wildman–Crippen LogP) is 3.69. The summed E-state index contributed by atoms with van der Waals surface area (Å²) in [7, 11) is 0. The molecule has 0 unspecified atom stereocenters. The number of likely N-dealkylation sites (tertiary alicyclic amines) is 1. The first-order chi connectivity index (χ1) is 11.1. The minimum atomic E-state index is 0.108. The maximum atomic E-state index is 12.5. The molecule has 1 aliphatic rings. The Labute approximate surface area is 141 Å². The fourth-order valence-electron chi connectivity index (χ4n) is 2.93. The third kappa shape index (κ3) is 3.91. The van der Waals surface area contributed by atoms with Gasteiger partial charge in [-0.15, -0.1) is 11.3 Å². The number of carbonyl (C=O) groups is 1. The molecule has 2 aromatic rings. The Morgan fingerprint density at radius 2 is 2.22 bits per heavy atom. The van der Waals surface area contributed by atoms with Gasteiger partial charge in [0.15, 0.2) is 0 Å². The number of benzene rings is 1. The second-order valence-corrected chi connectivity index (χ2v) is 7.31. The van der Waals surface area contributed by atoms with Gasteiger partial charge in [-0.05, 0) is 38.3 Å². The maximum Gasteiger partial charge on any atom is 0.265 e. The van der Waals surface area contributed by atoms with E-state index in [1.807, 2.05) is 30.0 Å². The molecule has 4 nitrogen and oxygen atoms in total. The number of ether oxygens (including phenoxy) is 1. The van der Waals surface area contributed by atoms with Crippen LogP contribution in [0.1, 0.15) is 33.1 Å². The summed E-state index contributed by atoms with van der Waals surface area (Å²) < 4.78 is 5.97. The molecule has 1 aromatic heterocycles. The lowest BCUT2D eigenvalue weighted by atomic mass is 9.99. The first kappa shape index (κ1) is 16.0. The van der Waals surface area contributed by atoms with Crippen molar-refractivity contribution >= 4 is 17.2 Å². The number of piperidine rings is 1. The zero-order valence-corrected chi connectivity index (χ0v) is 14.4. The van der Waals surface area contributed by atoms with E-state index >= 15 is 0 Å². The van der Waals surface area contributed by atoms with Crippen molar-refractivity contribution in [3.05, 3.63) is 45.9 Å². The minimum absolute atomic E-state index is 0.108. The summed E-state index contributed by atoms with van der Waals surface area (Å²) >= 11 is 1.47. The highest BCUT2D eigenvalue weighted by Gasteiger charge is 2.26. The van der Waals surface area contributed by atoms with Gasteiger partial charge in [0.1, 0.15) is 10.6 Å². The molecule has 0 bridgehead atoms. The molecular formula is C18H22N2O2S. The van der Waals surface area contributed by atoms with E-state index < -0.39 is 0 Å². The Morgan fingerprint density at radius 3 is 2.96 bits per heavy atom. The normalized spacial score (nSPS) is 18.0. The van der Waals surface area contributed by atoms with E-state index in [1.165, 1.54) is 11.3 Å². The molecule has 1 aliphatic heterocycles. The number of rotatable bonds is 4. The van der Waals surface area contributed by atoms with Crippen LogP contribution in [0.15, 0.2) is 30.5 Å². The van der Waals surface area contributed by atoms with Crippen molar-refractivity contribution in [1.29, 1.82) is 0 Å². The predicted molar refractivity (Wildman–Crippen MR) is 92.2 cm³/mol. The third-order valence-electron chi connectivity index (χ3n) is 4.21. The molecule has 122 valence electrons. The molecule has 0 spiro atoms. The van der Waals surface area contributed by atoms with Gasteiger partial charge >= 0.3 is 0 Å². The van der Waals surface area contributed by atoms with E-state index in [1.54, 1.807) is 6.20 Å². The highest BCUT2D eigenvalue weighted by atomic mass is 32.1. The molecule has 0 saturated carbocycles. The third-order valence-corrected chi connectivity index (χ3v) is 5.11. The van der Waals surface area contributed by atoms with E-state index in [4.69, 9.17) is 4.74 Å². The summed E-state index contributed by atoms with van der Waals surface area (Å²) in [6, 6.07) is 8.06. The van der Waals surface area contributed by atoms with Crippen molar-refractivity contribution in [2.45, 2.75) is 26.7 Å². The van der Waals surface area contributed by atoms with Gasteiger partial charge in [-0.25, -0.2) is 4.98 Å². The number of aromatic nitrogens is 1. The smallest absolute Gasteiger partial charge is 0.265 e. The zero-order chi connectivity index (χ0) is 16.2. The van der Waals surface area contributed by atoms with Crippen LogP contribution in [0.25, 0.3) is 0 Å². The van der Waals surface area contributed by atoms with E-state index in [2.05, 4.69) is 18.0 Å². The Hall–Kier alpha value is -1.88. The molecule has 0 aliphatic carbocycles. The molecule has 2 heterocycles. The van der Waals surface area contributed by atoms with Crippen LogP contribution in [0, 0.1) is 19.8 Å². The van der Waals surface area contributed by atoms with Gasteiger partial charge in [0, 0.05) is 19.0 Å². The number of hydrogen-bond donors (Lipinski definition) is 0. The van der Waals surface area contributed by atoms with Crippen LogP contribution in [0.5, 0.6) is 5.75 Å². The first-order valence-corrected chi connectivity index (χ1v) is 8.85. The first-order valence-electron chi connectivity index (χ1n) is 8.03. The number of hydrogen-bond acceptors (Lipinski definition) is 4. The average Bonchev–Trinajstić information content (AvgIpc) is 3.00. The van der Waals surface area contributed by atoms with Crippen molar-refractivity contribution in [2.24, 2.45) is 5.92 Å². The van der Waals surface area contributed by atoms with E-state index in [9.17, 15) is 4.79 Å². The molecule has 1 saturated heterocycles. The van der Waals surface area contributed by atoms with Crippen LogP contribution in [0.3, 0.4) is 0 Å². The second-order valence-electron chi connectivity index (χ2n) is 6.08. The summed E-state index contributed by atoms with van der Waals surface area (Å²) in [5.74, 6) is 1.44. The number of amides is 1.